The molecule has 0 radical (unpaired) electrons. The number of rotatable bonds is 8. The maximum atomic E-state index is 15.5. The summed E-state index contributed by atoms with van der Waals surface area (Å²) >= 11 is 18.4. The molecular weight excluding hydrogens is 550 g/mol. The average molecular weight is 578 g/mol. The second-order valence-electron chi connectivity index (χ2n) is 9.52. The Hall–Kier alpha value is -2.56. The molecule has 2 aromatic carbocycles. The monoisotopic (exact) mass is 576 g/mol. The zero-order valence-corrected chi connectivity index (χ0v) is 23.2. The highest BCUT2D eigenvalue weighted by atomic mass is 35.5. The summed E-state index contributed by atoms with van der Waals surface area (Å²) in [5, 5.41) is 11.5. The molecule has 1 saturated heterocycles. The zero-order chi connectivity index (χ0) is 27.2. The van der Waals surface area contributed by atoms with Crippen molar-refractivity contribution in [2.45, 2.75) is 31.9 Å². The van der Waals surface area contributed by atoms with Gasteiger partial charge in [0.15, 0.2) is 0 Å². The fourth-order valence-corrected chi connectivity index (χ4v) is 6.01. The molecule has 1 aliphatic heterocycles. The summed E-state index contributed by atoms with van der Waals surface area (Å²) in [6, 6.07) is 10.3. The van der Waals surface area contributed by atoms with Crippen LogP contribution in [0.1, 0.15) is 43.0 Å². The van der Waals surface area contributed by atoms with Gasteiger partial charge < -0.3 is 9.84 Å². The third-order valence-corrected chi connectivity index (χ3v) is 7.86. The van der Waals surface area contributed by atoms with Crippen LogP contribution in [0.4, 0.5) is 4.39 Å². The third-order valence-electron chi connectivity index (χ3n) is 7.05. The number of nitrogens with zero attached hydrogens (tertiary/aromatic N) is 2. The Kier molecular flexibility index (Phi) is 9.73. The largest absolute Gasteiger partial charge is 0.497 e. The van der Waals surface area contributed by atoms with Crippen molar-refractivity contribution in [3.8, 4) is 17.6 Å². The van der Waals surface area contributed by atoms with Crippen molar-refractivity contribution in [3.63, 3.8) is 0 Å². The summed E-state index contributed by atoms with van der Waals surface area (Å²) < 4.78 is 20.8. The number of piperidine rings is 1. The minimum absolute atomic E-state index is 0.0375. The Morgan fingerprint density at radius 1 is 1.21 bits per heavy atom. The van der Waals surface area contributed by atoms with E-state index in [-0.39, 0.29) is 18.3 Å². The molecule has 3 atom stereocenters. The van der Waals surface area contributed by atoms with E-state index in [2.05, 4.69) is 21.7 Å². The number of fused-ring (bicyclic) bond motifs is 1. The lowest BCUT2D eigenvalue weighted by molar-refractivity contribution is -0.139. The average Bonchev–Trinajstić information content (AvgIpc) is 2.88. The number of ether oxygens (including phenoxy) is 1. The highest BCUT2D eigenvalue weighted by molar-refractivity contribution is 6.39. The smallest absolute Gasteiger partial charge is 0.303 e. The SMILES string of the molecule is COc1ccc2nccc(C(F)CC[C@@H]3CCN(CC#Cc4c(Cl)cc(Cl)cc4Cl)C[C@@H]3CC(=O)O)c2c1. The molecule has 0 amide bonds. The van der Waals surface area contributed by atoms with Gasteiger partial charge in [-0.1, -0.05) is 46.6 Å². The Labute approximate surface area is 236 Å². The van der Waals surface area contributed by atoms with Crippen molar-refractivity contribution in [1.82, 2.24) is 9.88 Å². The van der Waals surface area contributed by atoms with Crippen molar-refractivity contribution in [2.75, 3.05) is 26.7 Å². The molecule has 1 N–H and O–H groups in total. The molecule has 2 heterocycles. The van der Waals surface area contributed by atoms with Gasteiger partial charge in [0.1, 0.15) is 11.9 Å². The number of aromatic nitrogens is 1. The molecule has 0 bridgehead atoms. The molecule has 9 heteroatoms. The van der Waals surface area contributed by atoms with E-state index in [4.69, 9.17) is 39.5 Å². The van der Waals surface area contributed by atoms with E-state index in [9.17, 15) is 9.90 Å². The van der Waals surface area contributed by atoms with Crippen molar-refractivity contribution in [2.24, 2.45) is 11.8 Å². The Morgan fingerprint density at radius 2 is 1.97 bits per heavy atom. The summed E-state index contributed by atoms with van der Waals surface area (Å²) in [6.07, 6.45) is 2.16. The van der Waals surface area contributed by atoms with Crippen LogP contribution in [0.5, 0.6) is 5.75 Å². The number of pyridine rings is 1. The van der Waals surface area contributed by atoms with E-state index in [1.807, 2.05) is 6.07 Å². The second kappa shape index (κ2) is 13.0. The lowest BCUT2D eigenvalue weighted by Gasteiger charge is -2.37. The van der Waals surface area contributed by atoms with Crippen LogP contribution in [-0.4, -0.2) is 47.7 Å². The second-order valence-corrected chi connectivity index (χ2v) is 10.8. The van der Waals surface area contributed by atoms with Crippen molar-refractivity contribution in [3.05, 3.63) is 68.8 Å². The van der Waals surface area contributed by atoms with Crippen molar-refractivity contribution < 1.29 is 19.0 Å². The maximum Gasteiger partial charge on any atom is 0.303 e. The molecule has 0 aliphatic carbocycles. The molecule has 0 saturated carbocycles. The number of likely N-dealkylation sites (tertiary alicyclic amines) is 1. The first-order valence-electron chi connectivity index (χ1n) is 12.4. The van der Waals surface area contributed by atoms with E-state index >= 15 is 4.39 Å². The van der Waals surface area contributed by atoms with Crippen LogP contribution >= 0.6 is 34.8 Å². The predicted molar refractivity (Wildman–Crippen MR) is 150 cm³/mol. The number of hydrogen-bond donors (Lipinski definition) is 1. The maximum absolute atomic E-state index is 15.5. The number of carboxylic acids is 1. The Morgan fingerprint density at radius 3 is 2.68 bits per heavy atom. The fraction of sp³-hybridized carbons (Fsp3) is 0.379. The van der Waals surface area contributed by atoms with E-state index in [0.717, 1.165) is 18.4 Å². The number of hydrogen-bond acceptors (Lipinski definition) is 4. The summed E-state index contributed by atoms with van der Waals surface area (Å²) in [5.41, 5.74) is 1.81. The fourth-order valence-electron chi connectivity index (χ4n) is 5.10. The van der Waals surface area contributed by atoms with E-state index in [1.54, 1.807) is 43.6 Å². The van der Waals surface area contributed by atoms with Crippen LogP contribution in [-0.2, 0) is 4.79 Å². The predicted octanol–water partition coefficient (Wildman–Crippen LogP) is 7.46. The van der Waals surface area contributed by atoms with Gasteiger partial charge in [0.25, 0.3) is 0 Å². The summed E-state index contributed by atoms with van der Waals surface area (Å²) in [7, 11) is 1.58. The van der Waals surface area contributed by atoms with Gasteiger partial charge in [-0.2, -0.15) is 0 Å². The zero-order valence-electron chi connectivity index (χ0n) is 20.9. The van der Waals surface area contributed by atoms with Gasteiger partial charge >= 0.3 is 5.97 Å². The van der Waals surface area contributed by atoms with Gasteiger partial charge in [-0.15, -0.1) is 0 Å². The number of alkyl halides is 1. The lowest BCUT2D eigenvalue weighted by Crippen LogP contribution is -2.41. The van der Waals surface area contributed by atoms with E-state index < -0.39 is 12.1 Å². The van der Waals surface area contributed by atoms with Crippen molar-refractivity contribution in [1.29, 1.82) is 0 Å². The highest BCUT2D eigenvalue weighted by Gasteiger charge is 2.31. The lowest BCUT2D eigenvalue weighted by atomic mass is 9.79. The first kappa shape index (κ1) is 28.4. The molecule has 1 aromatic heterocycles. The van der Waals surface area contributed by atoms with Crippen LogP contribution < -0.4 is 4.74 Å². The van der Waals surface area contributed by atoms with Crippen LogP contribution in [0.15, 0.2) is 42.6 Å². The Balaban J connectivity index is 1.40. The number of aliphatic carboxylic acids is 1. The van der Waals surface area contributed by atoms with Gasteiger partial charge in [-0.25, -0.2) is 4.39 Å². The van der Waals surface area contributed by atoms with Crippen LogP contribution in [0.25, 0.3) is 10.9 Å². The van der Waals surface area contributed by atoms with Gasteiger partial charge in [0, 0.05) is 29.6 Å². The summed E-state index contributed by atoms with van der Waals surface area (Å²) in [6.45, 7) is 1.79. The molecule has 1 fully saturated rings. The normalized spacial score (nSPS) is 18.6. The van der Waals surface area contributed by atoms with Gasteiger partial charge in [0.2, 0.25) is 0 Å². The highest BCUT2D eigenvalue weighted by Crippen LogP contribution is 2.36. The summed E-state index contributed by atoms with van der Waals surface area (Å²) in [5.74, 6) is 5.93. The summed E-state index contributed by atoms with van der Waals surface area (Å²) in [4.78, 5) is 18.1. The topological polar surface area (TPSA) is 62.7 Å². The molecule has 5 nitrogen and oxygen atoms in total. The van der Waals surface area contributed by atoms with Gasteiger partial charge in [-0.05, 0) is 79.6 Å². The molecule has 200 valence electrons. The molecule has 1 unspecified atom stereocenters. The number of methoxy groups -OCH3 is 1. The van der Waals surface area contributed by atoms with Crippen LogP contribution in [0, 0.1) is 23.7 Å². The number of halogens is 4. The first-order valence-corrected chi connectivity index (χ1v) is 13.5. The molecule has 3 aromatic rings. The molecular formula is C29H28Cl3FN2O3. The van der Waals surface area contributed by atoms with Crippen LogP contribution in [0.3, 0.4) is 0 Å². The first-order chi connectivity index (χ1) is 18.2. The minimum atomic E-state index is -1.18. The van der Waals surface area contributed by atoms with Crippen molar-refractivity contribution >= 4 is 51.7 Å². The third kappa shape index (κ3) is 7.09. The molecule has 4 rings (SSSR count). The molecule has 1 aliphatic rings. The molecule has 38 heavy (non-hydrogen) atoms. The molecule has 0 spiro atoms. The number of carbonyl (C=O) groups is 1. The van der Waals surface area contributed by atoms with E-state index in [0.29, 0.717) is 63.4 Å². The number of carboxylic acid groups (broad SMARTS) is 1. The Bertz CT molecular complexity index is 1350. The van der Waals surface area contributed by atoms with Gasteiger partial charge in [0.05, 0.1) is 34.8 Å². The quantitative estimate of drug-likeness (QED) is 0.282. The standard InChI is InChI=1S/C29H28Cl3FN2O3/c1-38-21-5-7-28-24(16-21)22(8-10-34-28)27(33)6-4-18-9-12-35(17-19(18)13-29(36)37)11-2-3-23-25(31)14-20(30)15-26(23)32/h5,7-8,10,14-16,18-19,27H,4,6,9,11-13,17H2,1H3,(H,36,37)/t18-,19+,27?/m1/s1. The van der Waals surface area contributed by atoms with E-state index in [1.165, 1.54) is 0 Å². The van der Waals surface area contributed by atoms with Crippen LogP contribution in [0.2, 0.25) is 15.1 Å². The number of benzene rings is 2. The van der Waals surface area contributed by atoms with Gasteiger partial charge in [-0.3, -0.25) is 14.7 Å². The minimum Gasteiger partial charge on any atom is -0.497 e.